The molecule has 2 heterocycles. The van der Waals surface area contributed by atoms with Crippen LogP contribution in [-0.2, 0) is 27.1 Å². The number of ether oxygens (including phenoxy) is 2. The highest BCUT2D eigenvalue weighted by Crippen LogP contribution is 2.44. The van der Waals surface area contributed by atoms with Crippen LogP contribution in [0.2, 0.25) is 0 Å². The molecule has 1 aliphatic heterocycles. The third-order valence-corrected chi connectivity index (χ3v) is 8.19. The molecule has 1 aromatic carbocycles. The van der Waals surface area contributed by atoms with Crippen LogP contribution in [0.1, 0.15) is 58.3 Å². The van der Waals surface area contributed by atoms with Crippen LogP contribution >= 0.6 is 11.3 Å². The third kappa shape index (κ3) is 5.96. The maximum absolute atomic E-state index is 13.6. The fourth-order valence-corrected chi connectivity index (χ4v) is 6.19. The Morgan fingerprint density at radius 2 is 1.86 bits per heavy atom. The second kappa shape index (κ2) is 11.1. The fourth-order valence-electron chi connectivity index (χ4n) is 4.85. The van der Waals surface area contributed by atoms with E-state index in [4.69, 9.17) is 9.47 Å². The number of carbonyl (C=O) groups excluding carboxylic acids is 3. The second-order valence-electron chi connectivity index (χ2n) is 10.4. The SMILES string of the molecule is COC(=O)c1ccccc1NC(=O)c1c(NC(=O)CN2CCOCC2)sc2c1CC[C@@H](C(C)(C)C)C2. The molecule has 2 aromatic rings. The van der Waals surface area contributed by atoms with Gasteiger partial charge in [-0.2, -0.15) is 0 Å². The van der Waals surface area contributed by atoms with Gasteiger partial charge >= 0.3 is 5.97 Å². The third-order valence-electron chi connectivity index (χ3n) is 7.02. The number of methoxy groups -OCH3 is 1. The number of benzene rings is 1. The zero-order valence-electron chi connectivity index (χ0n) is 21.4. The number of thiophene rings is 1. The van der Waals surface area contributed by atoms with Gasteiger partial charge in [0.25, 0.3) is 5.91 Å². The van der Waals surface area contributed by atoms with Crippen molar-refractivity contribution in [2.45, 2.75) is 40.0 Å². The molecule has 2 N–H and O–H groups in total. The Balaban J connectivity index is 1.62. The lowest BCUT2D eigenvalue weighted by molar-refractivity contribution is -0.118. The number of hydrogen-bond donors (Lipinski definition) is 2. The van der Waals surface area contributed by atoms with E-state index in [1.807, 2.05) is 4.90 Å². The highest BCUT2D eigenvalue weighted by molar-refractivity contribution is 7.17. The number of morpholine rings is 1. The summed E-state index contributed by atoms with van der Waals surface area (Å²) in [5.41, 5.74) is 2.31. The number of nitrogens with one attached hydrogen (secondary N) is 2. The van der Waals surface area contributed by atoms with Crippen molar-refractivity contribution in [2.24, 2.45) is 11.3 Å². The van der Waals surface area contributed by atoms with E-state index in [1.165, 1.54) is 18.4 Å². The molecule has 1 aromatic heterocycles. The van der Waals surface area contributed by atoms with Gasteiger partial charge in [0.05, 0.1) is 43.7 Å². The van der Waals surface area contributed by atoms with Crippen LogP contribution in [0, 0.1) is 11.3 Å². The summed E-state index contributed by atoms with van der Waals surface area (Å²) in [7, 11) is 1.31. The van der Waals surface area contributed by atoms with Crippen LogP contribution in [-0.4, -0.2) is 62.6 Å². The number of anilines is 2. The van der Waals surface area contributed by atoms with Gasteiger partial charge in [-0.1, -0.05) is 32.9 Å². The predicted molar refractivity (Wildman–Crippen MR) is 141 cm³/mol. The summed E-state index contributed by atoms with van der Waals surface area (Å²) in [5, 5.41) is 6.50. The summed E-state index contributed by atoms with van der Waals surface area (Å²) >= 11 is 1.50. The van der Waals surface area contributed by atoms with E-state index in [9.17, 15) is 14.4 Å². The van der Waals surface area contributed by atoms with Gasteiger partial charge < -0.3 is 20.1 Å². The number of hydrogen-bond acceptors (Lipinski definition) is 7. The maximum atomic E-state index is 13.6. The topological polar surface area (TPSA) is 97.0 Å². The molecule has 36 heavy (non-hydrogen) atoms. The maximum Gasteiger partial charge on any atom is 0.339 e. The number of carbonyl (C=O) groups is 3. The van der Waals surface area contributed by atoms with Gasteiger partial charge in [-0.25, -0.2) is 4.79 Å². The highest BCUT2D eigenvalue weighted by Gasteiger charge is 2.34. The molecule has 0 radical (unpaired) electrons. The molecule has 2 aliphatic rings. The summed E-state index contributed by atoms with van der Waals surface area (Å²) in [4.78, 5) is 42.0. The van der Waals surface area contributed by atoms with Gasteiger partial charge in [-0.05, 0) is 48.3 Å². The first-order valence-corrected chi connectivity index (χ1v) is 13.2. The average molecular weight is 514 g/mol. The van der Waals surface area contributed by atoms with Crippen LogP contribution in [0.15, 0.2) is 24.3 Å². The van der Waals surface area contributed by atoms with Crippen molar-refractivity contribution in [3.05, 3.63) is 45.8 Å². The van der Waals surface area contributed by atoms with E-state index < -0.39 is 5.97 Å². The molecule has 1 atom stereocenters. The first kappa shape index (κ1) is 26.3. The molecular formula is C27H35N3O5S. The zero-order chi connectivity index (χ0) is 25.9. The molecule has 0 bridgehead atoms. The Kier molecular flexibility index (Phi) is 8.12. The predicted octanol–water partition coefficient (Wildman–Crippen LogP) is 4.21. The largest absolute Gasteiger partial charge is 0.465 e. The molecule has 0 spiro atoms. The van der Waals surface area contributed by atoms with Crippen molar-refractivity contribution in [1.29, 1.82) is 0 Å². The van der Waals surface area contributed by atoms with Crippen LogP contribution in [0.4, 0.5) is 10.7 Å². The van der Waals surface area contributed by atoms with Gasteiger partial charge in [0.15, 0.2) is 0 Å². The minimum absolute atomic E-state index is 0.146. The lowest BCUT2D eigenvalue weighted by Gasteiger charge is -2.33. The molecular weight excluding hydrogens is 478 g/mol. The standard InChI is InChI=1S/C27H35N3O5S/c1-27(2,3)17-9-10-19-21(15-17)36-25(29-22(31)16-30-11-13-35-14-12-30)23(19)24(32)28-20-8-6-5-7-18(20)26(33)34-4/h5-8,17H,9-16H2,1-4H3,(H,28,32)(H,29,31)/t17-/m1/s1. The molecule has 1 aliphatic carbocycles. The lowest BCUT2D eigenvalue weighted by atomic mass is 9.72. The van der Waals surface area contributed by atoms with Crippen molar-refractivity contribution in [2.75, 3.05) is 50.6 Å². The Bertz CT molecular complexity index is 1130. The van der Waals surface area contributed by atoms with Gasteiger partial charge in [0, 0.05) is 18.0 Å². The van der Waals surface area contributed by atoms with Crippen molar-refractivity contribution in [3.8, 4) is 0 Å². The Labute approximate surface area is 216 Å². The second-order valence-corrected chi connectivity index (χ2v) is 11.5. The summed E-state index contributed by atoms with van der Waals surface area (Å²) < 4.78 is 10.2. The van der Waals surface area contributed by atoms with Crippen LogP contribution < -0.4 is 10.6 Å². The quantitative estimate of drug-likeness (QED) is 0.562. The Morgan fingerprint density at radius 3 is 2.56 bits per heavy atom. The monoisotopic (exact) mass is 513 g/mol. The van der Waals surface area contributed by atoms with Crippen LogP contribution in [0.25, 0.3) is 0 Å². The number of rotatable bonds is 6. The summed E-state index contributed by atoms with van der Waals surface area (Å²) in [5.74, 6) is -0.506. The summed E-state index contributed by atoms with van der Waals surface area (Å²) in [6, 6.07) is 6.77. The number of amides is 2. The number of fused-ring (bicyclic) bond motifs is 1. The van der Waals surface area contributed by atoms with E-state index in [0.717, 1.165) is 29.7 Å². The molecule has 0 saturated carbocycles. The van der Waals surface area contributed by atoms with Crippen LogP contribution in [0.5, 0.6) is 0 Å². The highest BCUT2D eigenvalue weighted by atomic mass is 32.1. The van der Waals surface area contributed by atoms with Crippen molar-refractivity contribution in [1.82, 2.24) is 4.90 Å². The molecule has 4 rings (SSSR count). The number of esters is 1. The van der Waals surface area contributed by atoms with Gasteiger partial charge in [0.1, 0.15) is 5.00 Å². The number of nitrogens with zero attached hydrogens (tertiary/aromatic N) is 1. The molecule has 1 saturated heterocycles. The smallest absolute Gasteiger partial charge is 0.339 e. The zero-order valence-corrected chi connectivity index (χ0v) is 22.3. The Morgan fingerprint density at radius 1 is 1.14 bits per heavy atom. The van der Waals surface area contributed by atoms with Gasteiger partial charge in [-0.15, -0.1) is 11.3 Å². The minimum atomic E-state index is -0.523. The van der Waals surface area contributed by atoms with E-state index in [2.05, 4.69) is 31.4 Å². The van der Waals surface area contributed by atoms with Crippen LogP contribution in [0.3, 0.4) is 0 Å². The average Bonchev–Trinajstić information content (AvgIpc) is 3.20. The molecule has 9 heteroatoms. The van der Waals surface area contributed by atoms with E-state index in [-0.39, 0.29) is 29.3 Å². The molecule has 194 valence electrons. The summed E-state index contributed by atoms with van der Waals surface area (Å²) in [6.45, 7) is 9.64. The van der Waals surface area contributed by atoms with Gasteiger partial charge in [-0.3, -0.25) is 14.5 Å². The molecule has 0 unspecified atom stereocenters. The lowest BCUT2D eigenvalue weighted by Crippen LogP contribution is -2.41. The van der Waals surface area contributed by atoms with E-state index in [1.54, 1.807) is 24.3 Å². The van der Waals surface area contributed by atoms with Gasteiger partial charge in [0.2, 0.25) is 5.91 Å². The van der Waals surface area contributed by atoms with E-state index >= 15 is 0 Å². The van der Waals surface area contributed by atoms with Crippen molar-refractivity contribution < 1.29 is 23.9 Å². The van der Waals surface area contributed by atoms with Crippen molar-refractivity contribution >= 4 is 39.8 Å². The fraction of sp³-hybridized carbons (Fsp3) is 0.519. The molecule has 1 fully saturated rings. The minimum Gasteiger partial charge on any atom is -0.465 e. The molecule has 8 nitrogen and oxygen atoms in total. The Hall–Kier alpha value is -2.75. The van der Waals surface area contributed by atoms with E-state index in [0.29, 0.717) is 48.5 Å². The summed E-state index contributed by atoms with van der Waals surface area (Å²) in [6.07, 6.45) is 2.63. The normalized spacial score (nSPS) is 18.3. The van der Waals surface area contributed by atoms with Crippen molar-refractivity contribution in [3.63, 3.8) is 0 Å². The first-order chi connectivity index (χ1) is 17.2. The number of para-hydroxylation sites is 1. The first-order valence-electron chi connectivity index (χ1n) is 12.4. The molecule has 2 amide bonds.